The van der Waals surface area contributed by atoms with Gasteiger partial charge in [-0.2, -0.15) is 0 Å². The molecule has 2 nitrogen and oxygen atoms in total. The average molecular weight is 261 g/mol. The van der Waals surface area contributed by atoms with E-state index in [2.05, 4.69) is 25.2 Å². The first-order valence-electron chi connectivity index (χ1n) is 7.71. The van der Waals surface area contributed by atoms with Gasteiger partial charge in [0.1, 0.15) is 5.75 Å². The summed E-state index contributed by atoms with van der Waals surface area (Å²) in [7, 11) is 0. The smallest absolute Gasteiger partial charge is 0.120 e. The van der Waals surface area contributed by atoms with Gasteiger partial charge in [0.05, 0.1) is 0 Å². The summed E-state index contributed by atoms with van der Waals surface area (Å²) in [5.41, 5.74) is 2.23. The van der Waals surface area contributed by atoms with Gasteiger partial charge >= 0.3 is 0 Å². The molecule has 1 aromatic carbocycles. The molecule has 1 aromatic rings. The standard InChI is InChI=1S/C17H27NO/c1-3-4-14-6-8-16(9-7-14)18-12-15-11-13(2)5-10-17(15)19/h5,10-11,14,16,18-19H,3-4,6-9,12H2,1-2H3. The predicted octanol–water partition coefficient (Wildman–Crippen LogP) is 4.15. The highest BCUT2D eigenvalue weighted by Gasteiger charge is 2.20. The lowest BCUT2D eigenvalue weighted by molar-refractivity contribution is 0.277. The summed E-state index contributed by atoms with van der Waals surface area (Å²) < 4.78 is 0. The van der Waals surface area contributed by atoms with Gasteiger partial charge in [-0.3, -0.25) is 0 Å². The highest BCUT2D eigenvalue weighted by atomic mass is 16.3. The first-order chi connectivity index (χ1) is 9.19. The van der Waals surface area contributed by atoms with Gasteiger partial charge in [-0.25, -0.2) is 0 Å². The molecule has 2 rings (SSSR count). The van der Waals surface area contributed by atoms with Crippen molar-refractivity contribution in [1.82, 2.24) is 5.32 Å². The average Bonchev–Trinajstić information content (AvgIpc) is 2.42. The number of phenols is 1. The molecule has 0 aliphatic heterocycles. The molecule has 1 aliphatic carbocycles. The summed E-state index contributed by atoms with van der Waals surface area (Å²) >= 11 is 0. The van der Waals surface area contributed by atoms with Crippen LogP contribution in [0.15, 0.2) is 18.2 Å². The van der Waals surface area contributed by atoms with Gasteiger partial charge in [0, 0.05) is 18.2 Å². The van der Waals surface area contributed by atoms with Crippen LogP contribution >= 0.6 is 0 Å². The lowest BCUT2D eigenvalue weighted by atomic mass is 9.83. The lowest BCUT2D eigenvalue weighted by Gasteiger charge is -2.29. The highest BCUT2D eigenvalue weighted by molar-refractivity contribution is 5.35. The zero-order valence-electron chi connectivity index (χ0n) is 12.3. The number of rotatable bonds is 5. The molecule has 0 saturated heterocycles. The van der Waals surface area contributed by atoms with E-state index >= 15 is 0 Å². The molecule has 0 heterocycles. The van der Waals surface area contributed by atoms with Gasteiger partial charge in [-0.05, 0) is 44.6 Å². The van der Waals surface area contributed by atoms with Crippen molar-refractivity contribution in [2.75, 3.05) is 0 Å². The summed E-state index contributed by atoms with van der Waals surface area (Å²) in [6, 6.07) is 6.46. The molecule has 19 heavy (non-hydrogen) atoms. The Morgan fingerprint density at radius 2 is 1.95 bits per heavy atom. The fourth-order valence-corrected chi connectivity index (χ4v) is 3.17. The summed E-state index contributed by atoms with van der Waals surface area (Å²) in [6.45, 7) is 5.14. The van der Waals surface area contributed by atoms with Crippen LogP contribution in [0.4, 0.5) is 0 Å². The van der Waals surface area contributed by atoms with E-state index in [4.69, 9.17) is 0 Å². The highest BCUT2D eigenvalue weighted by Crippen LogP contribution is 2.28. The van der Waals surface area contributed by atoms with Crippen LogP contribution in [0.5, 0.6) is 5.75 Å². The monoisotopic (exact) mass is 261 g/mol. The van der Waals surface area contributed by atoms with Gasteiger partial charge in [-0.15, -0.1) is 0 Å². The van der Waals surface area contributed by atoms with Gasteiger partial charge < -0.3 is 10.4 Å². The molecule has 0 atom stereocenters. The minimum atomic E-state index is 0.415. The third-order valence-electron chi connectivity index (χ3n) is 4.36. The van der Waals surface area contributed by atoms with Crippen molar-refractivity contribution in [1.29, 1.82) is 0 Å². The van der Waals surface area contributed by atoms with Crippen molar-refractivity contribution in [3.05, 3.63) is 29.3 Å². The molecule has 0 radical (unpaired) electrons. The van der Waals surface area contributed by atoms with Gasteiger partial charge in [0.2, 0.25) is 0 Å². The molecular formula is C17H27NO. The van der Waals surface area contributed by atoms with Gasteiger partial charge in [0.15, 0.2) is 0 Å². The Balaban J connectivity index is 1.79. The Kier molecular flexibility index (Phi) is 5.26. The number of benzene rings is 1. The number of aromatic hydroxyl groups is 1. The maximum Gasteiger partial charge on any atom is 0.120 e. The molecule has 106 valence electrons. The van der Waals surface area contributed by atoms with Crippen molar-refractivity contribution in [3.63, 3.8) is 0 Å². The second kappa shape index (κ2) is 6.95. The normalized spacial score (nSPS) is 23.5. The van der Waals surface area contributed by atoms with Gasteiger partial charge in [0.25, 0.3) is 0 Å². The molecule has 0 unspecified atom stereocenters. The zero-order valence-corrected chi connectivity index (χ0v) is 12.3. The van der Waals surface area contributed by atoms with Crippen LogP contribution < -0.4 is 5.32 Å². The third kappa shape index (κ3) is 4.24. The third-order valence-corrected chi connectivity index (χ3v) is 4.36. The molecule has 0 bridgehead atoms. The maximum atomic E-state index is 9.84. The van der Waals surface area contributed by atoms with E-state index in [0.717, 1.165) is 18.0 Å². The van der Waals surface area contributed by atoms with E-state index in [-0.39, 0.29) is 0 Å². The van der Waals surface area contributed by atoms with E-state index in [9.17, 15) is 5.11 Å². The van der Waals surface area contributed by atoms with Gasteiger partial charge in [-0.1, -0.05) is 37.5 Å². The molecule has 0 spiro atoms. The minimum Gasteiger partial charge on any atom is -0.508 e. The summed E-state index contributed by atoms with van der Waals surface area (Å²) in [5.74, 6) is 1.37. The van der Waals surface area contributed by atoms with Crippen LogP contribution in [0.3, 0.4) is 0 Å². The number of hydrogen-bond acceptors (Lipinski definition) is 2. The number of aryl methyl sites for hydroxylation is 1. The molecule has 1 fully saturated rings. The predicted molar refractivity (Wildman–Crippen MR) is 80.3 cm³/mol. The Bertz CT molecular complexity index is 394. The second-order valence-electron chi connectivity index (χ2n) is 6.02. The van der Waals surface area contributed by atoms with Crippen LogP contribution in [0.1, 0.15) is 56.6 Å². The van der Waals surface area contributed by atoms with Crippen molar-refractivity contribution in [2.24, 2.45) is 5.92 Å². The van der Waals surface area contributed by atoms with E-state index in [1.54, 1.807) is 6.07 Å². The van der Waals surface area contributed by atoms with Crippen molar-refractivity contribution < 1.29 is 5.11 Å². The number of phenolic OH excluding ortho intramolecular Hbond substituents is 1. The van der Waals surface area contributed by atoms with Crippen LogP contribution in [0.2, 0.25) is 0 Å². The van der Waals surface area contributed by atoms with Crippen LogP contribution in [-0.2, 0) is 6.54 Å². The number of nitrogens with one attached hydrogen (secondary N) is 1. The molecule has 1 saturated carbocycles. The fraction of sp³-hybridized carbons (Fsp3) is 0.647. The summed E-state index contributed by atoms with van der Waals surface area (Å²) in [6.07, 6.45) is 8.02. The fourth-order valence-electron chi connectivity index (χ4n) is 3.17. The molecule has 2 heteroatoms. The largest absolute Gasteiger partial charge is 0.508 e. The second-order valence-corrected chi connectivity index (χ2v) is 6.02. The quantitative estimate of drug-likeness (QED) is 0.834. The Hall–Kier alpha value is -1.02. The summed E-state index contributed by atoms with van der Waals surface area (Å²) in [4.78, 5) is 0. The maximum absolute atomic E-state index is 9.84. The number of hydrogen-bond donors (Lipinski definition) is 2. The Morgan fingerprint density at radius 3 is 2.63 bits per heavy atom. The molecular weight excluding hydrogens is 234 g/mol. The Morgan fingerprint density at radius 1 is 1.21 bits per heavy atom. The molecule has 2 N–H and O–H groups in total. The van der Waals surface area contributed by atoms with E-state index in [0.29, 0.717) is 11.8 Å². The first-order valence-corrected chi connectivity index (χ1v) is 7.71. The topological polar surface area (TPSA) is 32.3 Å². The van der Waals surface area contributed by atoms with Crippen LogP contribution in [0.25, 0.3) is 0 Å². The summed E-state index contributed by atoms with van der Waals surface area (Å²) in [5, 5.41) is 13.4. The SMILES string of the molecule is CCCC1CCC(NCc2cc(C)ccc2O)CC1. The van der Waals surface area contributed by atoms with Crippen molar-refractivity contribution in [2.45, 2.75) is 65.0 Å². The van der Waals surface area contributed by atoms with Crippen molar-refractivity contribution in [3.8, 4) is 5.75 Å². The van der Waals surface area contributed by atoms with Crippen LogP contribution in [-0.4, -0.2) is 11.1 Å². The molecule has 1 aliphatic rings. The molecule has 0 amide bonds. The Labute approximate surface area is 117 Å². The van der Waals surface area contributed by atoms with E-state index < -0.39 is 0 Å². The zero-order chi connectivity index (χ0) is 13.7. The van der Waals surface area contributed by atoms with Crippen LogP contribution in [0, 0.1) is 12.8 Å². The minimum absolute atomic E-state index is 0.415. The van der Waals surface area contributed by atoms with Crippen molar-refractivity contribution >= 4 is 0 Å². The molecule has 0 aromatic heterocycles. The van der Waals surface area contributed by atoms with E-state index in [1.165, 1.54) is 44.1 Å². The first kappa shape index (κ1) is 14.4. The van der Waals surface area contributed by atoms with E-state index in [1.807, 2.05) is 6.07 Å². The lowest BCUT2D eigenvalue weighted by Crippen LogP contribution is -2.32.